The number of likely N-dealkylation sites (tertiary alicyclic amines) is 2. The topological polar surface area (TPSA) is 49.6 Å². The second-order valence-corrected chi connectivity index (χ2v) is 4.58. The van der Waals surface area contributed by atoms with Crippen LogP contribution in [0.3, 0.4) is 0 Å². The first-order chi connectivity index (χ1) is 7.31. The lowest BCUT2D eigenvalue weighted by atomic mass is 10.0. The maximum atomic E-state index is 11.5. The molecule has 0 aromatic carbocycles. The fourth-order valence-corrected chi connectivity index (χ4v) is 2.72. The molecule has 2 heterocycles. The Balaban J connectivity index is 1.88. The van der Waals surface area contributed by atoms with Crippen LogP contribution in [0.1, 0.15) is 25.7 Å². The van der Waals surface area contributed by atoms with Gasteiger partial charge in [-0.3, -0.25) is 9.69 Å². The lowest BCUT2D eigenvalue weighted by molar-refractivity contribution is -0.131. The van der Waals surface area contributed by atoms with Crippen LogP contribution < -0.4 is 5.73 Å². The van der Waals surface area contributed by atoms with Gasteiger partial charge >= 0.3 is 0 Å². The Morgan fingerprint density at radius 3 is 2.60 bits per heavy atom. The molecule has 0 saturated carbocycles. The van der Waals surface area contributed by atoms with Crippen molar-refractivity contribution in [3.63, 3.8) is 0 Å². The SMILES string of the molecule is NCC(=O)N1CCCC(N2CCCC2)C1. The predicted molar refractivity (Wildman–Crippen MR) is 59.5 cm³/mol. The summed E-state index contributed by atoms with van der Waals surface area (Å²) in [5, 5.41) is 0. The number of rotatable bonds is 2. The third-order valence-corrected chi connectivity index (χ3v) is 3.58. The van der Waals surface area contributed by atoms with Gasteiger partial charge < -0.3 is 10.6 Å². The molecule has 0 aliphatic carbocycles. The predicted octanol–water partition coefficient (Wildman–Crippen LogP) is 0.0319. The maximum absolute atomic E-state index is 11.5. The molecule has 86 valence electrons. The molecule has 2 rings (SSSR count). The van der Waals surface area contributed by atoms with Gasteiger partial charge in [0.2, 0.25) is 5.91 Å². The summed E-state index contributed by atoms with van der Waals surface area (Å²) in [5.74, 6) is 0.110. The molecule has 2 aliphatic heterocycles. The first-order valence-electron chi connectivity index (χ1n) is 6.03. The lowest BCUT2D eigenvalue weighted by Crippen LogP contribution is -2.50. The molecule has 0 aromatic rings. The monoisotopic (exact) mass is 211 g/mol. The van der Waals surface area contributed by atoms with Crippen LogP contribution in [0.5, 0.6) is 0 Å². The number of nitrogens with zero attached hydrogens (tertiary/aromatic N) is 2. The zero-order valence-electron chi connectivity index (χ0n) is 9.32. The second kappa shape index (κ2) is 4.94. The molecule has 0 radical (unpaired) electrons. The smallest absolute Gasteiger partial charge is 0.236 e. The summed E-state index contributed by atoms with van der Waals surface area (Å²) in [7, 11) is 0. The summed E-state index contributed by atoms with van der Waals surface area (Å²) in [6.45, 7) is 4.40. The van der Waals surface area contributed by atoms with Gasteiger partial charge in [-0.2, -0.15) is 0 Å². The Morgan fingerprint density at radius 2 is 1.93 bits per heavy atom. The van der Waals surface area contributed by atoms with E-state index in [1.807, 2.05) is 4.90 Å². The zero-order valence-corrected chi connectivity index (χ0v) is 9.32. The number of hydrogen-bond acceptors (Lipinski definition) is 3. The number of nitrogens with two attached hydrogens (primary N) is 1. The van der Waals surface area contributed by atoms with Gasteiger partial charge in [-0.1, -0.05) is 0 Å². The highest BCUT2D eigenvalue weighted by Gasteiger charge is 2.28. The van der Waals surface area contributed by atoms with Crippen molar-refractivity contribution in [3.05, 3.63) is 0 Å². The van der Waals surface area contributed by atoms with Crippen LogP contribution in [0.25, 0.3) is 0 Å². The minimum Gasteiger partial charge on any atom is -0.340 e. The number of hydrogen-bond donors (Lipinski definition) is 1. The number of carbonyl (C=O) groups is 1. The molecule has 2 N–H and O–H groups in total. The van der Waals surface area contributed by atoms with Gasteiger partial charge in [-0.15, -0.1) is 0 Å². The maximum Gasteiger partial charge on any atom is 0.236 e. The van der Waals surface area contributed by atoms with E-state index < -0.39 is 0 Å². The molecule has 1 unspecified atom stereocenters. The van der Waals surface area contributed by atoms with E-state index in [-0.39, 0.29) is 12.5 Å². The average Bonchev–Trinajstić information content (AvgIpc) is 2.82. The summed E-state index contributed by atoms with van der Waals surface area (Å²) in [6.07, 6.45) is 5.02. The van der Waals surface area contributed by atoms with E-state index in [0.717, 1.165) is 19.5 Å². The first kappa shape index (κ1) is 10.9. The zero-order chi connectivity index (χ0) is 10.7. The van der Waals surface area contributed by atoms with Crippen molar-refractivity contribution < 1.29 is 4.79 Å². The van der Waals surface area contributed by atoms with Gasteiger partial charge in [0.05, 0.1) is 6.54 Å². The highest BCUT2D eigenvalue weighted by molar-refractivity contribution is 5.78. The highest BCUT2D eigenvalue weighted by Crippen LogP contribution is 2.20. The van der Waals surface area contributed by atoms with Crippen molar-refractivity contribution in [2.24, 2.45) is 5.73 Å². The van der Waals surface area contributed by atoms with Gasteiger partial charge in [0, 0.05) is 19.1 Å². The fraction of sp³-hybridized carbons (Fsp3) is 0.909. The Bertz CT molecular complexity index is 226. The molecule has 0 spiro atoms. The van der Waals surface area contributed by atoms with Gasteiger partial charge in [0.15, 0.2) is 0 Å². The molecule has 2 fully saturated rings. The van der Waals surface area contributed by atoms with E-state index in [1.165, 1.54) is 32.4 Å². The molecule has 0 bridgehead atoms. The van der Waals surface area contributed by atoms with Crippen LogP contribution in [-0.2, 0) is 4.79 Å². The summed E-state index contributed by atoms with van der Waals surface area (Å²) < 4.78 is 0. The Hall–Kier alpha value is -0.610. The summed E-state index contributed by atoms with van der Waals surface area (Å²) in [5.41, 5.74) is 5.40. The van der Waals surface area contributed by atoms with Crippen molar-refractivity contribution in [3.8, 4) is 0 Å². The van der Waals surface area contributed by atoms with Crippen molar-refractivity contribution >= 4 is 5.91 Å². The molecule has 2 aliphatic rings. The number of carbonyl (C=O) groups excluding carboxylic acids is 1. The number of amides is 1. The minimum atomic E-state index is 0.110. The first-order valence-corrected chi connectivity index (χ1v) is 6.03. The van der Waals surface area contributed by atoms with Crippen LogP contribution in [0.4, 0.5) is 0 Å². The molecular weight excluding hydrogens is 190 g/mol. The molecule has 4 heteroatoms. The van der Waals surface area contributed by atoms with Crippen molar-refractivity contribution in [1.82, 2.24) is 9.80 Å². The van der Waals surface area contributed by atoms with E-state index >= 15 is 0 Å². The third-order valence-electron chi connectivity index (χ3n) is 3.58. The van der Waals surface area contributed by atoms with E-state index in [0.29, 0.717) is 6.04 Å². The van der Waals surface area contributed by atoms with Crippen LogP contribution in [0.15, 0.2) is 0 Å². The molecule has 2 saturated heterocycles. The summed E-state index contributed by atoms with van der Waals surface area (Å²) in [6, 6.07) is 0.594. The molecule has 4 nitrogen and oxygen atoms in total. The highest BCUT2D eigenvalue weighted by atomic mass is 16.2. The quantitative estimate of drug-likeness (QED) is 0.701. The molecule has 1 amide bonds. The summed E-state index contributed by atoms with van der Waals surface area (Å²) >= 11 is 0. The van der Waals surface area contributed by atoms with E-state index in [9.17, 15) is 4.79 Å². The van der Waals surface area contributed by atoms with Crippen molar-refractivity contribution in [2.75, 3.05) is 32.7 Å². The Kier molecular flexibility index (Phi) is 3.59. The van der Waals surface area contributed by atoms with Crippen molar-refractivity contribution in [2.45, 2.75) is 31.7 Å². The average molecular weight is 211 g/mol. The Morgan fingerprint density at radius 1 is 1.20 bits per heavy atom. The van der Waals surface area contributed by atoms with E-state index in [1.54, 1.807) is 0 Å². The molecule has 1 atom stereocenters. The molecule has 0 aromatic heterocycles. The standard InChI is InChI=1S/C11H21N3O/c12-8-11(15)14-7-3-4-10(9-14)13-5-1-2-6-13/h10H,1-9,12H2. The van der Waals surface area contributed by atoms with Crippen LogP contribution >= 0.6 is 0 Å². The van der Waals surface area contributed by atoms with Crippen LogP contribution in [0.2, 0.25) is 0 Å². The van der Waals surface area contributed by atoms with Crippen molar-refractivity contribution in [1.29, 1.82) is 0 Å². The van der Waals surface area contributed by atoms with Gasteiger partial charge in [0.1, 0.15) is 0 Å². The van der Waals surface area contributed by atoms with Gasteiger partial charge in [0.25, 0.3) is 0 Å². The van der Waals surface area contributed by atoms with Crippen LogP contribution in [-0.4, -0.2) is 54.5 Å². The lowest BCUT2D eigenvalue weighted by Gasteiger charge is -2.37. The second-order valence-electron chi connectivity index (χ2n) is 4.58. The van der Waals surface area contributed by atoms with E-state index in [2.05, 4.69) is 4.90 Å². The third kappa shape index (κ3) is 2.49. The van der Waals surface area contributed by atoms with E-state index in [4.69, 9.17) is 5.73 Å². The van der Waals surface area contributed by atoms with Gasteiger partial charge in [-0.25, -0.2) is 0 Å². The van der Waals surface area contributed by atoms with Crippen LogP contribution in [0, 0.1) is 0 Å². The summed E-state index contributed by atoms with van der Waals surface area (Å²) in [4.78, 5) is 16.0. The van der Waals surface area contributed by atoms with Gasteiger partial charge in [-0.05, 0) is 38.8 Å². The molecule has 15 heavy (non-hydrogen) atoms. The largest absolute Gasteiger partial charge is 0.340 e. The fourth-order valence-electron chi connectivity index (χ4n) is 2.72. The normalized spacial score (nSPS) is 28.3. The number of piperidine rings is 1. The minimum absolute atomic E-state index is 0.110. The Labute approximate surface area is 91.4 Å². The molecular formula is C11H21N3O.